The summed E-state index contributed by atoms with van der Waals surface area (Å²) in [6, 6.07) is 9.96. The summed E-state index contributed by atoms with van der Waals surface area (Å²) in [6.45, 7) is 4.49. The normalized spacial score (nSPS) is 36.6. The van der Waals surface area contributed by atoms with Crippen LogP contribution in [-0.4, -0.2) is 11.8 Å². The molecule has 112 valence electrons. The van der Waals surface area contributed by atoms with Gasteiger partial charge in [-0.05, 0) is 35.7 Å². The molecule has 1 aliphatic heterocycles. The van der Waals surface area contributed by atoms with Crippen molar-refractivity contribution in [2.45, 2.75) is 45.4 Å². The van der Waals surface area contributed by atoms with E-state index in [1.807, 2.05) is 30.3 Å². The van der Waals surface area contributed by atoms with E-state index < -0.39 is 0 Å². The fourth-order valence-corrected chi connectivity index (χ4v) is 4.45. The maximum Gasteiger partial charge on any atom is 0.234 e. The van der Waals surface area contributed by atoms with Gasteiger partial charge in [-0.15, -0.1) is 0 Å². The van der Waals surface area contributed by atoms with Gasteiger partial charge in [0.15, 0.2) is 0 Å². The molecular weight excluding hydrogens is 262 g/mol. The zero-order valence-corrected chi connectivity index (χ0v) is 12.8. The maximum atomic E-state index is 12.6. The third kappa shape index (κ3) is 2.39. The van der Waals surface area contributed by atoms with Crippen LogP contribution in [0.25, 0.3) is 0 Å². The molecule has 1 aliphatic carbocycles. The molecule has 1 saturated heterocycles. The van der Waals surface area contributed by atoms with Crippen LogP contribution in [0.3, 0.4) is 0 Å². The molecule has 0 radical (unpaired) electrons. The molecule has 1 heterocycles. The van der Waals surface area contributed by atoms with E-state index in [0.29, 0.717) is 18.3 Å². The lowest BCUT2D eigenvalue weighted by atomic mass is 9.54. The average molecular weight is 285 g/mol. The highest BCUT2D eigenvalue weighted by Gasteiger charge is 2.53. The summed E-state index contributed by atoms with van der Waals surface area (Å²) in [5.41, 5.74) is 0.844. The van der Waals surface area contributed by atoms with Crippen molar-refractivity contribution in [3.05, 3.63) is 35.9 Å². The minimum absolute atomic E-state index is 0.103. The molecule has 2 amide bonds. The first kappa shape index (κ1) is 14.3. The van der Waals surface area contributed by atoms with Gasteiger partial charge in [0.05, 0.1) is 5.92 Å². The summed E-state index contributed by atoms with van der Waals surface area (Å²) >= 11 is 0. The number of nitrogens with one attached hydrogen (secondary N) is 1. The highest BCUT2D eigenvalue weighted by Crippen LogP contribution is 2.55. The number of carbonyl (C=O) groups excluding carboxylic acids is 2. The van der Waals surface area contributed by atoms with Gasteiger partial charge in [0.1, 0.15) is 0 Å². The lowest BCUT2D eigenvalue weighted by molar-refractivity contribution is -0.144. The smallest absolute Gasteiger partial charge is 0.234 e. The molecule has 21 heavy (non-hydrogen) atoms. The molecule has 4 unspecified atom stereocenters. The van der Waals surface area contributed by atoms with Gasteiger partial charge in [-0.1, -0.05) is 50.6 Å². The first-order valence-electron chi connectivity index (χ1n) is 7.91. The van der Waals surface area contributed by atoms with Crippen molar-refractivity contribution in [1.82, 2.24) is 5.32 Å². The van der Waals surface area contributed by atoms with Crippen molar-refractivity contribution in [3.63, 3.8) is 0 Å². The quantitative estimate of drug-likeness (QED) is 0.805. The topological polar surface area (TPSA) is 46.2 Å². The van der Waals surface area contributed by atoms with E-state index in [1.165, 1.54) is 0 Å². The minimum atomic E-state index is -0.201. The van der Waals surface area contributed by atoms with Crippen LogP contribution in [0.5, 0.6) is 0 Å². The Kier molecular flexibility index (Phi) is 3.60. The second-order valence-electron chi connectivity index (χ2n) is 6.95. The van der Waals surface area contributed by atoms with E-state index in [0.717, 1.165) is 24.8 Å². The van der Waals surface area contributed by atoms with Gasteiger partial charge in [-0.2, -0.15) is 0 Å². The van der Waals surface area contributed by atoms with Crippen LogP contribution in [-0.2, 0) is 9.59 Å². The lowest BCUT2D eigenvalue weighted by Gasteiger charge is -2.51. The van der Waals surface area contributed by atoms with Crippen molar-refractivity contribution in [3.8, 4) is 0 Å². The molecule has 4 atom stereocenters. The molecular formula is C18H23NO2. The number of piperidine rings is 1. The van der Waals surface area contributed by atoms with Crippen molar-refractivity contribution >= 4 is 11.8 Å². The highest BCUT2D eigenvalue weighted by molar-refractivity contribution is 6.02. The standard InChI is InChI=1S/C18H23NO2/c1-12-8-9-18(13(2)10-12)11-15(20)19-17(21)16(18)14-6-4-3-5-7-14/h3-7,12-13,16H,8-11H2,1-2H3,(H,19,20,21). The van der Waals surface area contributed by atoms with Crippen LogP contribution >= 0.6 is 0 Å². The van der Waals surface area contributed by atoms with Crippen molar-refractivity contribution in [2.75, 3.05) is 0 Å². The van der Waals surface area contributed by atoms with Crippen molar-refractivity contribution < 1.29 is 9.59 Å². The third-order valence-electron chi connectivity index (χ3n) is 5.56. The second-order valence-corrected chi connectivity index (χ2v) is 6.95. The molecule has 1 saturated carbocycles. The van der Waals surface area contributed by atoms with Gasteiger partial charge in [0.25, 0.3) is 0 Å². The average Bonchev–Trinajstić information content (AvgIpc) is 2.44. The van der Waals surface area contributed by atoms with Crippen LogP contribution in [0.2, 0.25) is 0 Å². The fraction of sp³-hybridized carbons (Fsp3) is 0.556. The number of hydrogen-bond acceptors (Lipinski definition) is 2. The summed E-state index contributed by atoms with van der Waals surface area (Å²) in [5.74, 6) is 0.662. The summed E-state index contributed by atoms with van der Waals surface area (Å²) in [4.78, 5) is 24.6. The Morgan fingerprint density at radius 3 is 2.52 bits per heavy atom. The molecule has 2 aliphatic rings. The monoisotopic (exact) mass is 285 g/mol. The van der Waals surface area contributed by atoms with Crippen LogP contribution in [0, 0.1) is 17.3 Å². The Balaban J connectivity index is 2.05. The lowest BCUT2D eigenvalue weighted by Crippen LogP contribution is -2.54. The molecule has 1 N–H and O–H groups in total. The summed E-state index contributed by atoms with van der Waals surface area (Å²) in [6.07, 6.45) is 3.65. The van der Waals surface area contributed by atoms with E-state index in [9.17, 15) is 9.59 Å². The Bertz CT molecular complexity index is 554. The highest BCUT2D eigenvalue weighted by atomic mass is 16.2. The van der Waals surface area contributed by atoms with Crippen molar-refractivity contribution in [1.29, 1.82) is 0 Å². The minimum Gasteiger partial charge on any atom is -0.296 e. The first-order valence-corrected chi connectivity index (χ1v) is 7.91. The van der Waals surface area contributed by atoms with Gasteiger partial charge < -0.3 is 0 Å². The summed E-state index contributed by atoms with van der Waals surface area (Å²) < 4.78 is 0. The summed E-state index contributed by atoms with van der Waals surface area (Å²) in [5, 5.41) is 2.55. The number of carbonyl (C=O) groups is 2. The second kappa shape index (κ2) is 5.28. The molecule has 0 bridgehead atoms. The zero-order chi connectivity index (χ0) is 15.0. The van der Waals surface area contributed by atoms with E-state index in [1.54, 1.807) is 0 Å². The molecule has 1 aromatic carbocycles. The number of rotatable bonds is 1. The van der Waals surface area contributed by atoms with E-state index >= 15 is 0 Å². The number of imide groups is 1. The third-order valence-corrected chi connectivity index (χ3v) is 5.56. The molecule has 1 aromatic rings. The number of hydrogen-bond donors (Lipinski definition) is 1. The van der Waals surface area contributed by atoms with Crippen molar-refractivity contribution in [2.24, 2.45) is 17.3 Å². The van der Waals surface area contributed by atoms with Crippen LogP contribution in [0.1, 0.15) is 51.0 Å². The Morgan fingerprint density at radius 2 is 1.86 bits per heavy atom. The van der Waals surface area contributed by atoms with Crippen LogP contribution in [0.15, 0.2) is 30.3 Å². The summed E-state index contributed by atoms with van der Waals surface area (Å²) in [7, 11) is 0. The number of amides is 2. The molecule has 3 rings (SSSR count). The van der Waals surface area contributed by atoms with E-state index in [2.05, 4.69) is 19.2 Å². The molecule has 0 aromatic heterocycles. The van der Waals surface area contributed by atoms with Gasteiger partial charge in [-0.25, -0.2) is 0 Å². The molecule has 1 spiro atoms. The zero-order valence-electron chi connectivity index (χ0n) is 12.8. The van der Waals surface area contributed by atoms with Gasteiger partial charge in [0.2, 0.25) is 11.8 Å². The van der Waals surface area contributed by atoms with Gasteiger partial charge >= 0.3 is 0 Å². The fourth-order valence-electron chi connectivity index (χ4n) is 4.45. The predicted octanol–water partition coefficient (Wildman–Crippen LogP) is 3.26. The molecule has 3 nitrogen and oxygen atoms in total. The van der Waals surface area contributed by atoms with Gasteiger partial charge in [0, 0.05) is 6.42 Å². The number of benzene rings is 1. The van der Waals surface area contributed by atoms with E-state index in [4.69, 9.17) is 0 Å². The molecule has 2 fully saturated rings. The van der Waals surface area contributed by atoms with E-state index in [-0.39, 0.29) is 23.1 Å². The Morgan fingerprint density at radius 1 is 1.14 bits per heavy atom. The largest absolute Gasteiger partial charge is 0.296 e. The SMILES string of the molecule is CC1CCC2(CC(=O)NC(=O)C2c2ccccc2)C(C)C1. The Hall–Kier alpha value is -1.64. The van der Waals surface area contributed by atoms with Crippen LogP contribution in [0.4, 0.5) is 0 Å². The Labute approximate surface area is 126 Å². The maximum absolute atomic E-state index is 12.6. The predicted molar refractivity (Wildman–Crippen MR) is 81.6 cm³/mol. The molecule has 3 heteroatoms. The van der Waals surface area contributed by atoms with Gasteiger partial charge in [-0.3, -0.25) is 14.9 Å². The van der Waals surface area contributed by atoms with Crippen LogP contribution < -0.4 is 5.32 Å². The first-order chi connectivity index (χ1) is 10.0.